The van der Waals surface area contributed by atoms with Crippen molar-refractivity contribution in [2.24, 2.45) is 5.84 Å². The molecule has 4 nitrogen and oxygen atoms in total. The van der Waals surface area contributed by atoms with Gasteiger partial charge in [0, 0.05) is 11.0 Å². The fraction of sp³-hybridized carbons (Fsp3) is 0.636. The molecule has 3 N–H and O–H groups in total. The third-order valence-corrected chi connectivity index (χ3v) is 5.46. The van der Waals surface area contributed by atoms with Crippen molar-refractivity contribution in [2.75, 3.05) is 0 Å². The fourth-order valence-corrected chi connectivity index (χ4v) is 4.15. The lowest BCUT2D eigenvalue weighted by Crippen LogP contribution is -2.29. The first-order chi connectivity index (χ1) is 8.29. The van der Waals surface area contributed by atoms with Crippen molar-refractivity contribution < 1.29 is 4.79 Å². The van der Waals surface area contributed by atoms with Crippen LogP contribution < -0.4 is 11.3 Å². The van der Waals surface area contributed by atoms with E-state index in [9.17, 15) is 4.79 Å². The zero-order chi connectivity index (χ0) is 12.1. The number of hydrogen-bond acceptors (Lipinski definition) is 5. The second-order valence-electron chi connectivity index (χ2n) is 4.16. The van der Waals surface area contributed by atoms with Crippen molar-refractivity contribution in [1.82, 2.24) is 10.4 Å². The van der Waals surface area contributed by atoms with E-state index in [1.807, 2.05) is 11.8 Å². The van der Waals surface area contributed by atoms with Crippen molar-refractivity contribution in [3.8, 4) is 0 Å². The van der Waals surface area contributed by atoms with Gasteiger partial charge in [0.2, 0.25) is 0 Å². The Morgan fingerprint density at radius 3 is 3.00 bits per heavy atom. The van der Waals surface area contributed by atoms with E-state index >= 15 is 0 Å². The molecule has 0 aliphatic heterocycles. The molecular weight excluding hydrogens is 254 g/mol. The van der Waals surface area contributed by atoms with Gasteiger partial charge in [-0.05, 0) is 12.8 Å². The molecule has 1 aliphatic carbocycles. The highest BCUT2D eigenvalue weighted by molar-refractivity contribution is 7.99. The highest BCUT2D eigenvalue weighted by Gasteiger charge is 2.15. The average molecular weight is 271 g/mol. The Bertz CT molecular complexity index is 375. The molecule has 0 unspecified atom stereocenters. The van der Waals surface area contributed by atoms with Crippen LogP contribution in [0.5, 0.6) is 0 Å². The molecule has 6 heteroatoms. The van der Waals surface area contributed by atoms with Gasteiger partial charge in [0.25, 0.3) is 5.91 Å². The summed E-state index contributed by atoms with van der Waals surface area (Å²) in [5, 5.41) is 1.79. The smallest absolute Gasteiger partial charge is 0.276 e. The third-order valence-electron chi connectivity index (χ3n) is 2.90. The first-order valence-corrected chi connectivity index (χ1v) is 7.73. The molecule has 1 saturated carbocycles. The van der Waals surface area contributed by atoms with Gasteiger partial charge in [0.05, 0.1) is 6.20 Å². The zero-order valence-electron chi connectivity index (χ0n) is 9.65. The summed E-state index contributed by atoms with van der Waals surface area (Å²) in [5.41, 5.74) is 2.12. The fourth-order valence-electron chi connectivity index (χ4n) is 1.97. The highest BCUT2D eigenvalue weighted by Crippen LogP contribution is 2.31. The largest absolute Gasteiger partial charge is 0.289 e. The number of nitrogens with one attached hydrogen (secondary N) is 1. The van der Waals surface area contributed by atoms with Crippen LogP contribution in [0.3, 0.4) is 0 Å². The first kappa shape index (κ1) is 12.9. The summed E-state index contributed by atoms with van der Waals surface area (Å²) in [6.45, 7) is 0. The van der Waals surface area contributed by atoms with Gasteiger partial charge in [0.15, 0.2) is 0 Å². The molecule has 1 fully saturated rings. The normalized spacial score (nSPS) is 17.0. The molecule has 17 heavy (non-hydrogen) atoms. The number of nitrogen functional groups attached to an aromatic ring is 1. The molecule has 0 aromatic carbocycles. The Balaban J connectivity index is 1.82. The van der Waals surface area contributed by atoms with Crippen molar-refractivity contribution in [3.05, 3.63) is 16.1 Å². The molecule has 1 aliphatic rings. The molecule has 1 aromatic heterocycles. The Labute approximate surface area is 109 Å². The van der Waals surface area contributed by atoms with Crippen LogP contribution in [0, 0.1) is 0 Å². The zero-order valence-corrected chi connectivity index (χ0v) is 11.3. The minimum Gasteiger partial charge on any atom is -0.289 e. The van der Waals surface area contributed by atoms with E-state index in [0.29, 0.717) is 4.88 Å². The van der Waals surface area contributed by atoms with Gasteiger partial charge in [-0.25, -0.2) is 10.8 Å². The van der Waals surface area contributed by atoms with Crippen molar-refractivity contribution in [2.45, 2.75) is 43.1 Å². The number of carbonyl (C=O) groups is 1. The summed E-state index contributed by atoms with van der Waals surface area (Å²) in [4.78, 5) is 16.1. The van der Waals surface area contributed by atoms with Gasteiger partial charge in [-0.2, -0.15) is 11.8 Å². The lowest BCUT2D eigenvalue weighted by atomic mass is 10.0. The molecule has 0 bridgehead atoms. The predicted molar refractivity (Wildman–Crippen MR) is 71.9 cm³/mol. The van der Waals surface area contributed by atoms with Crippen molar-refractivity contribution >= 4 is 29.0 Å². The lowest BCUT2D eigenvalue weighted by molar-refractivity contribution is 0.0957. The number of nitrogens with two attached hydrogens (primary N) is 1. The van der Waals surface area contributed by atoms with Crippen LogP contribution in [0.2, 0.25) is 0 Å². The van der Waals surface area contributed by atoms with Crippen molar-refractivity contribution in [1.29, 1.82) is 0 Å². The number of nitrogens with zero attached hydrogens (tertiary/aromatic N) is 1. The molecule has 1 amide bonds. The van der Waals surface area contributed by atoms with E-state index in [1.54, 1.807) is 6.20 Å². The molecular formula is C11H17N3OS2. The third kappa shape index (κ3) is 3.69. The Morgan fingerprint density at radius 1 is 1.53 bits per heavy atom. The van der Waals surface area contributed by atoms with Gasteiger partial charge >= 0.3 is 0 Å². The standard InChI is InChI=1S/C11H17N3OS2/c12-14-11(15)9-6-13-10(17-9)7-16-8-4-2-1-3-5-8/h6,8H,1-5,7,12H2,(H,14,15). The Morgan fingerprint density at radius 2 is 2.29 bits per heavy atom. The number of hydrogen-bond donors (Lipinski definition) is 2. The van der Waals surface area contributed by atoms with Crippen LogP contribution in [-0.4, -0.2) is 16.1 Å². The van der Waals surface area contributed by atoms with Crippen LogP contribution in [0.4, 0.5) is 0 Å². The summed E-state index contributed by atoms with van der Waals surface area (Å²) in [7, 11) is 0. The van der Waals surface area contributed by atoms with Crippen molar-refractivity contribution in [3.63, 3.8) is 0 Å². The van der Waals surface area contributed by atoms with E-state index in [-0.39, 0.29) is 5.91 Å². The first-order valence-electron chi connectivity index (χ1n) is 5.87. The van der Waals surface area contributed by atoms with Gasteiger partial charge < -0.3 is 0 Å². The quantitative estimate of drug-likeness (QED) is 0.501. The van der Waals surface area contributed by atoms with E-state index in [0.717, 1.165) is 16.0 Å². The lowest BCUT2D eigenvalue weighted by Gasteiger charge is -2.20. The maximum absolute atomic E-state index is 11.3. The monoisotopic (exact) mass is 271 g/mol. The summed E-state index contributed by atoms with van der Waals surface area (Å²) in [6.07, 6.45) is 8.35. The van der Waals surface area contributed by atoms with Crippen LogP contribution in [0.25, 0.3) is 0 Å². The molecule has 2 rings (SSSR count). The van der Waals surface area contributed by atoms with E-state index in [2.05, 4.69) is 10.4 Å². The molecule has 94 valence electrons. The topological polar surface area (TPSA) is 68.0 Å². The van der Waals surface area contributed by atoms with E-state index in [1.165, 1.54) is 43.4 Å². The Hall–Kier alpha value is -0.590. The molecule has 0 radical (unpaired) electrons. The second-order valence-corrected chi connectivity index (χ2v) is 6.57. The molecule has 1 heterocycles. The summed E-state index contributed by atoms with van der Waals surface area (Å²) in [5.74, 6) is 5.73. The highest BCUT2D eigenvalue weighted by atomic mass is 32.2. The van der Waals surface area contributed by atoms with Crippen LogP contribution in [0.15, 0.2) is 6.20 Å². The summed E-state index contributed by atoms with van der Waals surface area (Å²) in [6, 6.07) is 0. The van der Waals surface area contributed by atoms with E-state index < -0.39 is 0 Å². The number of thioether (sulfide) groups is 1. The van der Waals surface area contributed by atoms with Crippen LogP contribution in [0.1, 0.15) is 46.8 Å². The number of hydrazine groups is 1. The average Bonchev–Trinajstić information content (AvgIpc) is 2.85. The minimum absolute atomic E-state index is 0.253. The molecule has 0 saturated heterocycles. The maximum atomic E-state index is 11.3. The number of thiazole rings is 1. The minimum atomic E-state index is -0.253. The second kappa shape index (κ2) is 6.37. The van der Waals surface area contributed by atoms with Crippen LogP contribution in [-0.2, 0) is 5.75 Å². The molecule has 1 aromatic rings. The summed E-state index contributed by atoms with van der Waals surface area (Å²) >= 11 is 3.40. The van der Waals surface area contributed by atoms with Gasteiger partial charge in [0.1, 0.15) is 9.88 Å². The van der Waals surface area contributed by atoms with Gasteiger partial charge in [-0.15, -0.1) is 11.3 Å². The number of rotatable bonds is 4. The number of aromatic nitrogens is 1. The maximum Gasteiger partial charge on any atom is 0.276 e. The van der Waals surface area contributed by atoms with Crippen LogP contribution >= 0.6 is 23.1 Å². The molecule has 0 atom stereocenters. The number of amides is 1. The van der Waals surface area contributed by atoms with Gasteiger partial charge in [-0.1, -0.05) is 19.3 Å². The molecule has 0 spiro atoms. The van der Waals surface area contributed by atoms with Gasteiger partial charge in [-0.3, -0.25) is 10.2 Å². The summed E-state index contributed by atoms with van der Waals surface area (Å²) < 4.78 is 0. The SMILES string of the molecule is NNC(=O)c1cnc(CSC2CCCCC2)s1. The Kier molecular flexibility index (Phi) is 4.82. The predicted octanol–water partition coefficient (Wildman–Crippen LogP) is 2.31. The van der Waals surface area contributed by atoms with E-state index in [4.69, 9.17) is 5.84 Å². The number of carbonyl (C=O) groups excluding carboxylic acids is 1.